The highest BCUT2D eigenvalue weighted by Crippen LogP contribution is 2.21. The molecule has 0 radical (unpaired) electrons. The summed E-state index contributed by atoms with van der Waals surface area (Å²) in [6.45, 7) is 8.16. The molecule has 1 aromatic heterocycles. The molecule has 0 atom stereocenters. The van der Waals surface area contributed by atoms with Crippen LogP contribution in [0.2, 0.25) is 0 Å². The quantitative estimate of drug-likeness (QED) is 0.634. The molecule has 2 aromatic rings. The lowest BCUT2D eigenvalue weighted by Gasteiger charge is -2.30. The first-order valence-electron chi connectivity index (χ1n) is 10.6. The Labute approximate surface area is 184 Å². The Hall–Kier alpha value is -2.16. The highest BCUT2D eigenvalue weighted by atomic mass is 35.5. The Balaban J connectivity index is 0.00000256. The number of ether oxygens (including phenoxy) is 2. The zero-order valence-corrected chi connectivity index (χ0v) is 18.3. The van der Waals surface area contributed by atoms with E-state index in [0.717, 1.165) is 38.3 Å². The number of unbranched alkanes of at least 4 members (excludes halogenated alkanes) is 1. The van der Waals surface area contributed by atoms with E-state index in [2.05, 4.69) is 46.3 Å². The molecule has 2 saturated heterocycles. The molecule has 1 N–H and O–H groups in total. The largest absolute Gasteiger partial charge is 1.00 e. The molecule has 4 rings (SSSR count). The fraction of sp³-hybridized carbons (Fsp3) is 0.571. The summed E-state index contributed by atoms with van der Waals surface area (Å²) in [5.74, 6) is 1.98. The summed E-state index contributed by atoms with van der Waals surface area (Å²) in [5, 5.41) is 3.37. The van der Waals surface area contributed by atoms with Crippen molar-refractivity contribution >= 4 is 23.5 Å². The molecule has 0 bridgehead atoms. The van der Waals surface area contributed by atoms with E-state index in [1.165, 1.54) is 18.4 Å². The molecule has 164 valence electrons. The number of aryl methyl sites for hydroxylation is 1. The van der Waals surface area contributed by atoms with Crippen molar-refractivity contribution in [1.29, 1.82) is 0 Å². The number of benzene rings is 1. The number of hydrogen-bond donors (Lipinski definition) is 1. The van der Waals surface area contributed by atoms with Crippen LogP contribution >= 0.6 is 0 Å². The van der Waals surface area contributed by atoms with Gasteiger partial charge in [0.1, 0.15) is 0 Å². The SMILES string of the molecule is CCCCc1ccc(Nc2nc(N3CCOCC3)nc(N3CCOCC3)n2)cc1.[Cl-]. The van der Waals surface area contributed by atoms with Crippen LogP contribution in [-0.2, 0) is 15.9 Å². The summed E-state index contributed by atoms with van der Waals surface area (Å²) in [6, 6.07) is 8.53. The maximum absolute atomic E-state index is 5.48. The molecule has 2 aliphatic rings. The number of rotatable bonds is 7. The number of halogens is 1. The second kappa shape index (κ2) is 11.3. The number of anilines is 4. The van der Waals surface area contributed by atoms with Gasteiger partial charge >= 0.3 is 0 Å². The molecule has 30 heavy (non-hydrogen) atoms. The predicted molar refractivity (Wildman–Crippen MR) is 114 cm³/mol. The van der Waals surface area contributed by atoms with Crippen LogP contribution < -0.4 is 27.5 Å². The highest BCUT2D eigenvalue weighted by Gasteiger charge is 2.20. The Morgan fingerprint density at radius 2 is 1.37 bits per heavy atom. The van der Waals surface area contributed by atoms with Crippen LogP contribution in [0.3, 0.4) is 0 Å². The van der Waals surface area contributed by atoms with Gasteiger partial charge in [-0.1, -0.05) is 25.5 Å². The van der Waals surface area contributed by atoms with E-state index in [-0.39, 0.29) is 12.4 Å². The first-order chi connectivity index (χ1) is 14.3. The van der Waals surface area contributed by atoms with Gasteiger partial charge in [0.2, 0.25) is 17.8 Å². The second-order valence-corrected chi connectivity index (χ2v) is 7.38. The smallest absolute Gasteiger partial charge is 0.233 e. The zero-order valence-electron chi connectivity index (χ0n) is 17.5. The van der Waals surface area contributed by atoms with Crippen LogP contribution in [0.15, 0.2) is 24.3 Å². The summed E-state index contributed by atoms with van der Waals surface area (Å²) < 4.78 is 11.0. The van der Waals surface area contributed by atoms with Crippen LogP contribution in [0.5, 0.6) is 0 Å². The van der Waals surface area contributed by atoms with E-state index in [0.29, 0.717) is 44.3 Å². The van der Waals surface area contributed by atoms with E-state index in [4.69, 9.17) is 24.4 Å². The maximum Gasteiger partial charge on any atom is 0.233 e. The zero-order chi connectivity index (χ0) is 19.9. The molecular weight excluding hydrogens is 404 g/mol. The van der Waals surface area contributed by atoms with Crippen molar-refractivity contribution in [2.75, 3.05) is 67.7 Å². The fourth-order valence-corrected chi connectivity index (χ4v) is 3.48. The van der Waals surface area contributed by atoms with Crippen LogP contribution in [0.25, 0.3) is 0 Å². The number of nitrogens with zero attached hydrogens (tertiary/aromatic N) is 5. The first-order valence-corrected chi connectivity index (χ1v) is 10.6. The highest BCUT2D eigenvalue weighted by molar-refractivity contribution is 5.56. The molecule has 1 aromatic carbocycles. The van der Waals surface area contributed by atoms with Gasteiger partial charge in [0.15, 0.2) is 0 Å². The van der Waals surface area contributed by atoms with Gasteiger partial charge in [0.05, 0.1) is 26.4 Å². The van der Waals surface area contributed by atoms with E-state index >= 15 is 0 Å². The van der Waals surface area contributed by atoms with Crippen molar-refractivity contribution in [2.24, 2.45) is 0 Å². The first kappa shape index (κ1) is 22.5. The summed E-state index contributed by atoms with van der Waals surface area (Å²) in [6.07, 6.45) is 3.54. The Morgan fingerprint density at radius 3 is 1.87 bits per heavy atom. The van der Waals surface area contributed by atoms with E-state index in [1.807, 2.05) is 0 Å². The van der Waals surface area contributed by atoms with Crippen molar-refractivity contribution in [2.45, 2.75) is 26.2 Å². The van der Waals surface area contributed by atoms with Crippen LogP contribution in [0.1, 0.15) is 25.3 Å². The van der Waals surface area contributed by atoms with Crippen molar-refractivity contribution in [3.63, 3.8) is 0 Å². The normalized spacial score (nSPS) is 16.8. The van der Waals surface area contributed by atoms with E-state index < -0.39 is 0 Å². The average molecular weight is 434 g/mol. The molecule has 0 aliphatic carbocycles. The van der Waals surface area contributed by atoms with Gasteiger partial charge in [-0.2, -0.15) is 15.0 Å². The number of nitrogens with one attached hydrogen (secondary N) is 1. The monoisotopic (exact) mass is 433 g/mol. The predicted octanol–water partition coefficient (Wildman–Crippen LogP) is -0.365. The van der Waals surface area contributed by atoms with Gasteiger partial charge in [-0.25, -0.2) is 0 Å². The molecule has 3 heterocycles. The fourth-order valence-electron chi connectivity index (χ4n) is 3.48. The van der Waals surface area contributed by atoms with Crippen molar-refractivity contribution in [3.05, 3.63) is 29.8 Å². The van der Waals surface area contributed by atoms with Crippen LogP contribution in [0.4, 0.5) is 23.5 Å². The molecule has 0 spiro atoms. The third-order valence-corrected chi connectivity index (χ3v) is 5.23. The van der Waals surface area contributed by atoms with Crippen molar-refractivity contribution in [1.82, 2.24) is 15.0 Å². The third-order valence-electron chi connectivity index (χ3n) is 5.23. The Bertz CT molecular complexity index is 743. The minimum atomic E-state index is 0. The molecule has 0 saturated carbocycles. The minimum Gasteiger partial charge on any atom is -1.00 e. The maximum atomic E-state index is 5.48. The molecule has 0 amide bonds. The van der Waals surface area contributed by atoms with Crippen molar-refractivity contribution in [3.8, 4) is 0 Å². The number of morpholine rings is 2. The van der Waals surface area contributed by atoms with Crippen LogP contribution in [-0.4, -0.2) is 67.6 Å². The van der Waals surface area contributed by atoms with E-state index in [1.54, 1.807) is 0 Å². The lowest BCUT2D eigenvalue weighted by molar-refractivity contribution is -0.00000767. The van der Waals surface area contributed by atoms with E-state index in [9.17, 15) is 0 Å². The Kier molecular flexibility index (Phi) is 8.48. The molecule has 8 nitrogen and oxygen atoms in total. The standard InChI is InChI=1S/C21H30N6O2.ClH/c1-2-3-4-17-5-7-18(8-6-17)22-19-23-20(26-9-13-28-14-10-26)25-21(24-19)27-11-15-29-16-12-27;/h5-8H,2-4,9-16H2,1H3,(H,22,23,24,25);1H/p-1. The summed E-state index contributed by atoms with van der Waals surface area (Å²) in [7, 11) is 0. The lowest BCUT2D eigenvalue weighted by atomic mass is 10.1. The topological polar surface area (TPSA) is 75.6 Å². The minimum absolute atomic E-state index is 0. The number of aromatic nitrogens is 3. The van der Waals surface area contributed by atoms with Gasteiger partial charge in [0, 0.05) is 31.9 Å². The van der Waals surface area contributed by atoms with Crippen molar-refractivity contribution < 1.29 is 21.9 Å². The molecule has 2 aliphatic heterocycles. The molecule has 0 unspecified atom stereocenters. The third kappa shape index (κ3) is 5.93. The second-order valence-electron chi connectivity index (χ2n) is 7.38. The summed E-state index contributed by atoms with van der Waals surface area (Å²) in [5.41, 5.74) is 2.34. The van der Waals surface area contributed by atoms with Gasteiger partial charge < -0.3 is 37.0 Å². The van der Waals surface area contributed by atoms with Gasteiger partial charge in [-0.05, 0) is 30.5 Å². The van der Waals surface area contributed by atoms with Crippen LogP contribution in [0, 0.1) is 0 Å². The molecule has 9 heteroatoms. The molecular formula is C21H30ClN6O2-. The average Bonchev–Trinajstić information content (AvgIpc) is 2.79. The Morgan fingerprint density at radius 1 is 0.833 bits per heavy atom. The number of hydrogen-bond acceptors (Lipinski definition) is 8. The van der Waals surface area contributed by atoms with Gasteiger partial charge in [0.25, 0.3) is 0 Å². The van der Waals surface area contributed by atoms with Gasteiger partial charge in [-0.15, -0.1) is 0 Å². The van der Waals surface area contributed by atoms with Gasteiger partial charge in [-0.3, -0.25) is 0 Å². The molecule has 2 fully saturated rings. The lowest BCUT2D eigenvalue weighted by Crippen LogP contribution is -3.00. The summed E-state index contributed by atoms with van der Waals surface area (Å²) >= 11 is 0. The summed E-state index contributed by atoms with van der Waals surface area (Å²) in [4.78, 5) is 18.5.